The summed E-state index contributed by atoms with van der Waals surface area (Å²) in [7, 11) is -3.03. The Balaban J connectivity index is 1.74. The van der Waals surface area contributed by atoms with Gasteiger partial charge >= 0.3 is 0 Å². The Bertz CT molecular complexity index is 1910. The maximum absolute atomic E-state index is 5.98. The first-order chi connectivity index (χ1) is 25.9. The normalized spacial score (nSPS) is 10.4. The molecule has 0 aliphatic carbocycles. The maximum Gasteiger partial charge on any atom is 0.129 e. The quantitative estimate of drug-likeness (QED) is 0.0929. The summed E-state index contributed by atoms with van der Waals surface area (Å²) in [5.41, 5.74) is 14.6. The molecule has 0 aromatic heterocycles. The molecule has 0 radical (unpaired) electrons. The highest BCUT2D eigenvalue weighted by atomic mass is 28.3. The predicted octanol–water partition coefficient (Wildman–Crippen LogP) is 11.1. The van der Waals surface area contributed by atoms with Crippen LogP contribution in [0.1, 0.15) is 110 Å². The third kappa shape index (κ3) is 20.0. The second-order valence-electron chi connectivity index (χ2n) is 15.6. The number of hydrogen-bond acceptors (Lipinski definition) is 2. The summed E-state index contributed by atoms with van der Waals surface area (Å²) in [4.78, 5) is 0. The average Bonchev–Trinajstić information content (AvgIpc) is 3.13. The minimum Gasteiger partial charge on any atom is -0.377 e. The van der Waals surface area contributed by atoms with Crippen molar-refractivity contribution in [2.45, 2.75) is 118 Å². The Hall–Kier alpha value is -4.63. The van der Waals surface area contributed by atoms with Gasteiger partial charge in [0.05, 0.1) is 13.2 Å². The highest BCUT2D eigenvalue weighted by molar-refractivity contribution is 6.84. The van der Waals surface area contributed by atoms with Gasteiger partial charge < -0.3 is 9.47 Å². The Labute approximate surface area is 330 Å². The van der Waals surface area contributed by atoms with Crippen molar-refractivity contribution in [3.8, 4) is 70.3 Å². The molecule has 0 aliphatic rings. The van der Waals surface area contributed by atoms with Crippen molar-refractivity contribution < 1.29 is 9.47 Å². The molecule has 0 saturated carbocycles. The van der Waals surface area contributed by atoms with Gasteiger partial charge in [-0.15, -0.1) is 11.1 Å². The van der Waals surface area contributed by atoms with Gasteiger partial charge in [-0.05, 0) is 102 Å². The van der Waals surface area contributed by atoms with Gasteiger partial charge in [-0.25, -0.2) is 0 Å². The number of unbranched alkanes of at least 4 members (excludes halogenated alkanes) is 6. The Morgan fingerprint density at radius 2 is 0.778 bits per heavy atom. The molecule has 3 aromatic carbocycles. The zero-order valence-electron chi connectivity index (χ0n) is 34.1. The summed E-state index contributed by atoms with van der Waals surface area (Å²) >= 11 is 0. The fourth-order valence-electron chi connectivity index (χ4n) is 5.09. The summed E-state index contributed by atoms with van der Waals surface area (Å²) in [6.07, 6.45) is 9.54. The monoisotopic (exact) mass is 746 g/mol. The van der Waals surface area contributed by atoms with E-state index < -0.39 is 16.1 Å². The zero-order valence-corrected chi connectivity index (χ0v) is 36.1. The number of benzene rings is 3. The number of hydrogen-bond donors (Lipinski definition) is 0. The Morgan fingerprint density at radius 1 is 0.426 bits per heavy atom. The fraction of sp³-hybridized carbons (Fsp3) is 0.400. The lowest BCUT2D eigenvalue weighted by molar-refractivity contribution is 0.116. The lowest BCUT2D eigenvalue weighted by Crippen LogP contribution is -2.16. The summed E-state index contributed by atoms with van der Waals surface area (Å²) in [5.74, 6) is 31.7. The lowest BCUT2D eigenvalue weighted by Gasteiger charge is -2.07. The van der Waals surface area contributed by atoms with E-state index in [1.807, 2.05) is 36.4 Å². The zero-order chi connectivity index (χ0) is 39.1. The topological polar surface area (TPSA) is 18.5 Å². The van der Waals surface area contributed by atoms with E-state index in [0.717, 1.165) is 70.6 Å². The van der Waals surface area contributed by atoms with Crippen LogP contribution in [0.5, 0.6) is 0 Å². The van der Waals surface area contributed by atoms with Crippen LogP contribution in [0.15, 0.2) is 60.7 Å². The standard InChI is InChI=1S/C50H58O2Si2/c1-9-11-13-19-30-51-41-49-37-45(35-47(39-49)28-32-53(3,4)5)24-17-15-22-43-26-21-27-44(34-43)23-16-18-25-46-36-48(29-33-54(6,7)8)40-50(38-46)42-52-31-20-14-12-10-2/h21,26-27,34-40H,9-14,19-20,30-31,41-42H2,1-8H3. The van der Waals surface area contributed by atoms with E-state index in [2.05, 4.69) is 148 Å². The summed E-state index contributed by atoms with van der Waals surface area (Å²) < 4.78 is 12.0. The van der Waals surface area contributed by atoms with Gasteiger partial charge in [0, 0.05) is 46.6 Å². The van der Waals surface area contributed by atoms with Crippen molar-refractivity contribution in [2.24, 2.45) is 0 Å². The fourth-order valence-corrected chi connectivity index (χ4v) is 6.13. The predicted molar refractivity (Wildman–Crippen MR) is 235 cm³/mol. The molecule has 3 rings (SSSR count). The minimum absolute atomic E-state index is 0.558. The van der Waals surface area contributed by atoms with Gasteiger partial charge in [-0.2, -0.15) is 0 Å². The minimum atomic E-state index is -1.52. The van der Waals surface area contributed by atoms with E-state index in [1.54, 1.807) is 0 Å². The van der Waals surface area contributed by atoms with E-state index in [9.17, 15) is 0 Å². The molecule has 4 heteroatoms. The smallest absolute Gasteiger partial charge is 0.129 e. The molecule has 2 nitrogen and oxygen atoms in total. The van der Waals surface area contributed by atoms with Gasteiger partial charge in [0.1, 0.15) is 16.1 Å². The molecule has 278 valence electrons. The Kier molecular flexibility index (Phi) is 19.4. The first-order valence-corrected chi connectivity index (χ1v) is 26.6. The molecular formula is C50H58O2Si2. The molecule has 0 atom stereocenters. The third-order valence-corrected chi connectivity index (χ3v) is 9.54. The highest BCUT2D eigenvalue weighted by Gasteiger charge is 2.09. The summed E-state index contributed by atoms with van der Waals surface area (Å²) in [5, 5.41) is 0. The van der Waals surface area contributed by atoms with Crippen LogP contribution >= 0.6 is 0 Å². The van der Waals surface area contributed by atoms with Gasteiger partial charge in [-0.1, -0.05) is 133 Å². The Morgan fingerprint density at radius 3 is 1.15 bits per heavy atom. The van der Waals surface area contributed by atoms with E-state index in [1.165, 1.54) is 38.5 Å². The number of ether oxygens (including phenoxy) is 2. The van der Waals surface area contributed by atoms with Crippen LogP contribution in [0.25, 0.3) is 0 Å². The van der Waals surface area contributed by atoms with Crippen molar-refractivity contribution in [1.29, 1.82) is 0 Å². The molecule has 0 fully saturated rings. The van der Waals surface area contributed by atoms with Crippen molar-refractivity contribution in [3.63, 3.8) is 0 Å². The van der Waals surface area contributed by atoms with Crippen LogP contribution in [0.4, 0.5) is 0 Å². The van der Waals surface area contributed by atoms with E-state index in [0.29, 0.717) is 13.2 Å². The molecule has 0 N–H and O–H groups in total. The molecule has 3 aromatic rings. The van der Waals surface area contributed by atoms with E-state index in [4.69, 9.17) is 9.47 Å². The van der Waals surface area contributed by atoms with Crippen LogP contribution in [-0.2, 0) is 22.7 Å². The molecule has 0 unspecified atom stereocenters. The molecule has 0 bridgehead atoms. The van der Waals surface area contributed by atoms with Gasteiger partial charge in [0.2, 0.25) is 0 Å². The van der Waals surface area contributed by atoms with Gasteiger partial charge in [-0.3, -0.25) is 0 Å². The van der Waals surface area contributed by atoms with E-state index in [-0.39, 0.29) is 0 Å². The molecule has 54 heavy (non-hydrogen) atoms. The molecule has 0 spiro atoms. The SMILES string of the molecule is CCCCCCOCc1cc(C#CC#Cc2cccc(C#CC#Cc3cc(C#C[Si](C)(C)C)cc(COCCCCCC)c3)c2)cc(C#C[Si](C)(C)C)c1. The highest BCUT2D eigenvalue weighted by Crippen LogP contribution is 2.14. The van der Waals surface area contributed by atoms with Crippen LogP contribution in [0.2, 0.25) is 39.3 Å². The summed E-state index contributed by atoms with van der Waals surface area (Å²) in [6.45, 7) is 20.6. The lowest BCUT2D eigenvalue weighted by atomic mass is 10.1. The third-order valence-electron chi connectivity index (χ3n) is 7.79. The van der Waals surface area contributed by atoms with Crippen LogP contribution < -0.4 is 0 Å². The largest absolute Gasteiger partial charge is 0.377 e. The first kappa shape index (κ1) is 43.8. The maximum atomic E-state index is 5.98. The van der Waals surface area contributed by atoms with Crippen LogP contribution in [-0.4, -0.2) is 29.4 Å². The first-order valence-electron chi connectivity index (χ1n) is 19.6. The number of rotatable bonds is 14. The summed E-state index contributed by atoms with van der Waals surface area (Å²) in [6, 6.07) is 20.4. The van der Waals surface area contributed by atoms with Gasteiger partial charge in [0.25, 0.3) is 0 Å². The molecule has 0 aliphatic heterocycles. The average molecular weight is 747 g/mol. The van der Waals surface area contributed by atoms with Crippen LogP contribution in [0, 0.1) is 70.3 Å². The van der Waals surface area contributed by atoms with Crippen molar-refractivity contribution >= 4 is 16.1 Å². The molecule has 0 heterocycles. The van der Waals surface area contributed by atoms with Gasteiger partial charge in [0.15, 0.2) is 0 Å². The second-order valence-corrected chi connectivity index (χ2v) is 25.1. The van der Waals surface area contributed by atoms with Crippen molar-refractivity contribution in [1.82, 2.24) is 0 Å². The molecule has 0 amide bonds. The van der Waals surface area contributed by atoms with Crippen LogP contribution in [0.3, 0.4) is 0 Å². The van der Waals surface area contributed by atoms with Crippen molar-refractivity contribution in [3.05, 3.63) is 105 Å². The van der Waals surface area contributed by atoms with Crippen molar-refractivity contribution in [2.75, 3.05) is 13.2 Å². The second kappa shape index (κ2) is 23.9. The van der Waals surface area contributed by atoms with E-state index >= 15 is 0 Å². The molecule has 0 saturated heterocycles. The molecular weight excluding hydrogens is 689 g/mol.